The van der Waals surface area contributed by atoms with E-state index in [-0.39, 0.29) is 29.7 Å². The standard InChI is InChI=1S/C32H52F2N4O5S2/c1-24(2)23-38(32(39)19-25-5-15-36(16-6-25)44(3,40)41)30-9-12-35(13-10-30)14-11-31(27-20-28(33)22-29(34)21-27)26-7-17-37(18-8-26)45(4,42)43/h20-22,24-26,30-31H,5-19,23H2,1-4H3/t31-/m1/s1. The molecule has 3 heterocycles. The molecule has 1 atom stereocenters. The average Bonchev–Trinajstić information content (AvgIpc) is 2.95. The molecule has 45 heavy (non-hydrogen) atoms. The van der Waals surface area contributed by atoms with Crippen LogP contribution < -0.4 is 0 Å². The number of likely N-dealkylation sites (tertiary alicyclic amines) is 1. The zero-order valence-corrected chi connectivity index (χ0v) is 29.0. The fourth-order valence-corrected chi connectivity index (χ4v) is 9.26. The lowest BCUT2D eigenvalue weighted by Crippen LogP contribution is -2.49. The van der Waals surface area contributed by atoms with Crippen molar-refractivity contribution >= 4 is 26.0 Å². The normalized spacial score (nSPS) is 21.8. The van der Waals surface area contributed by atoms with Gasteiger partial charge in [0.2, 0.25) is 26.0 Å². The van der Waals surface area contributed by atoms with Gasteiger partial charge in [0, 0.05) is 64.3 Å². The second kappa shape index (κ2) is 15.5. The Morgan fingerprint density at radius 3 is 1.82 bits per heavy atom. The Kier molecular flexibility index (Phi) is 12.4. The smallest absolute Gasteiger partial charge is 0.223 e. The number of hydrogen-bond donors (Lipinski definition) is 0. The van der Waals surface area contributed by atoms with Crippen LogP contribution in [0.3, 0.4) is 0 Å². The first kappa shape index (κ1) is 36.2. The molecule has 0 aliphatic carbocycles. The summed E-state index contributed by atoms with van der Waals surface area (Å²) in [5.41, 5.74) is 0.635. The van der Waals surface area contributed by atoms with E-state index >= 15 is 0 Å². The van der Waals surface area contributed by atoms with Gasteiger partial charge in [-0.15, -0.1) is 0 Å². The van der Waals surface area contributed by atoms with Gasteiger partial charge in [-0.1, -0.05) is 13.8 Å². The maximum absolute atomic E-state index is 14.3. The zero-order chi connectivity index (χ0) is 32.9. The first-order valence-corrected chi connectivity index (χ1v) is 20.2. The molecule has 3 aliphatic rings. The van der Waals surface area contributed by atoms with Crippen molar-refractivity contribution < 1.29 is 30.4 Å². The van der Waals surface area contributed by atoms with Crippen LogP contribution in [-0.4, -0.2) is 112 Å². The van der Waals surface area contributed by atoms with E-state index in [1.165, 1.54) is 33.3 Å². The summed E-state index contributed by atoms with van der Waals surface area (Å²) in [5.74, 6) is -0.457. The second-order valence-electron chi connectivity index (χ2n) is 13.9. The monoisotopic (exact) mass is 674 g/mol. The number of piperidine rings is 3. The summed E-state index contributed by atoms with van der Waals surface area (Å²) < 4.78 is 79.4. The maximum Gasteiger partial charge on any atom is 0.223 e. The molecule has 256 valence electrons. The summed E-state index contributed by atoms with van der Waals surface area (Å²) in [6.07, 6.45) is 8.06. The first-order valence-electron chi connectivity index (χ1n) is 16.5. The highest BCUT2D eigenvalue weighted by molar-refractivity contribution is 7.88. The lowest BCUT2D eigenvalue weighted by Gasteiger charge is -2.41. The summed E-state index contributed by atoms with van der Waals surface area (Å²) in [7, 11) is -6.47. The van der Waals surface area contributed by atoms with Crippen molar-refractivity contribution in [2.45, 2.75) is 77.2 Å². The molecule has 4 rings (SSSR count). The van der Waals surface area contributed by atoms with Gasteiger partial charge in [-0.25, -0.2) is 34.2 Å². The number of hydrogen-bond acceptors (Lipinski definition) is 6. The van der Waals surface area contributed by atoms with E-state index in [9.17, 15) is 30.4 Å². The number of carbonyl (C=O) groups is 1. The minimum absolute atomic E-state index is 0.0808. The summed E-state index contributed by atoms with van der Waals surface area (Å²) in [4.78, 5) is 18.0. The molecule has 1 amide bonds. The molecule has 0 spiro atoms. The van der Waals surface area contributed by atoms with E-state index in [4.69, 9.17) is 0 Å². The van der Waals surface area contributed by atoms with Gasteiger partial charge < -0.3 is 9.80 Å². The molecule has 3 fully saturated rings. The number of sulfonamides is 2. The number of benzene rings is 1. The highest BCUT2D eigenvalue weighted by atomic mass is 32.2. The number of nitrogens with zero attached hydrogens (tertiary/aromatic N) is 4. The highest BCUT2D eigenvalue weighted by Crippen LogP contribution is 2.37. The molecule has 3 saturated heterocycles. The van der Waals surface area contributed by atoms with Crippen LogP contribution in [-0.2, 0) is 24.8 Å². The minimum atomic E-state index is -3.27. The predicted octanol–water partition coefficient (Wildman–Crippen LogP) is 4.12. The van der Waals surface area contributed by atoms with Gasteiger partial charge in [-0.2, -0.15) is 0 Å². The molecule has 0 N–H and O–H groups in total. The van der Waals surface area contributed by atoms with Crippen LogP contribution in [0.25, 0.3) is 0 Å². The Morgan fingerprint density at radius 1 is 0.822 bits per heavy atom. The fraction of sp³-hybridized carbons (Fsp3) is 0.781. The molecular formula is C32H52F2N4O5S2. The second-order valence-corrected chi connectivity index (χ2v) is 17.9. The molecular weight excluding hydrogens is 623 g/mol. The fourth-order valence-electron chi connectivity index (χ4n) is 7.51. The summed E-state index contributed by atoms with van der Waals surface area (Å²) >= 11 is 0. The van der Waals surface area contributed by atoms with Crippen LogP contribution in [0.2, 0.25) is 0 Å². The molecule has 9 nitrogen and oxygen atoms in total. The number of rotatable bonds is 12. The van der Waals surface area contributed by atoms with Crippen molar-refractivity contribution in [1.29, 1.82) is 0 Å². The van der Waals surface area contributed by atoms with Crippen LogP contribution in [0.5, 0.6) is 0 Å². The van der Waals surface area contributed by atoms with Crippen LogP contribution in [0, 0.1) is 29.4 Å². The maximum atomic E-state index is 14.3. The largest absolute Gasteiger partial charge is 0.339 e. The lowest BCUT2D eigenvalue weighted by molar-refractivity contribution is -0.136. The third-order valence-corrected chi connectivity index (χ3v) is 12.6. The lowest BCUT2D eigenvalue weighted by atomic mass is 9.78. The predicted molar refractivity (Wildman–Crippen MR) is 173 cm³/mol. The molecule has 0 radical (unpaired) electrons. The topological polar surface area (TPSA) is 98.3 Å². The van der Waals surface area contributed by atoms with Crippen LogP contribution in [0.1, 0.15) is 76.7 Å². The van der Waals surface area contributed by atoms with E-state index in [2.05, 4.69) is 23.6 Å². The minimum Gasteiger partial charge on any atom is -0.339 e. The third kappa shape index (κ3) is 10.4. The molecule has 13 heteroatoms. The molecule has 0 aromatic heterocycles. The average molecular weight is 675 g/mol. The van der Waals surface area contributed by atoms with Crippen molar-refractivity contribution in [3.05, 3.63) is 35.4 Å². The summed E-state index contributed by atoms with van der Waals surface area (Å²) in [6.45, 7) is 9.14. The molecule has 1 aromatic rings. The summed E-state index contributed by atoms with van der Waals surface area (Å²) in [6, 6.07) is 3.88. The van der Waals surface area contributed by atoms with E-state index in [1.807, 2.05) is 0 Å². The number of amides is 1. The van der Waals surface area contributed by atoms with Gasteiger partial charge in [0.05, 0.1) is 12.5 Å². The molecule has 1 aromatic carbocycles. The Bertz CT molecular complexity index is 1330. The summed E-state index contributed by atoms with van der Waals surface area (Å²) in [5, 5.41) is 0. The van der Waals surface area contributed by atoms with Gasteiger partial charge in [-0.05, 0) is 92.9 Å². The van der Waals surface area contributed by atoms with Crippen LogP contribution >= 0.6 is 0 Å². The zero-order valence-electron chi connectivity index (χ0n) is 27.3. The Labute approximate surface area is 269 Å². The first-order chi connectivity index (χ1) is 21.1. The highest BCUT2D eigenvalue weighted by Gasteiger charge is 2.34. The van der Waals surface area contributed by atoms with Crippen molar-refractivity contribution in [3.63, 3.8) is 0 Å². The van der Waals surface area contributed by atoms with Crippen LogP contribution in [0.4, 0.5) is 8.78 Å². The number of carbonyl (C=O) groups excluding carboxylic acids is 1. The van der Waals surface area contributed by atoms with Gasteiger partial charge in [0.25, 0.3) is 0 Å². The molecule has 0 unspecified atom stereocenters. The van der Waals surface area contributed by atoms with Crippen molar-refractivity contribution in [3.8, 4) is 0 Å². The van der Waals surface area contributed by atoms with E-state index in [0.717, 1.165) is 45.0 Å². The van der Waals surface area contributed by atoms with Crippen LogP contribution in [0.15, 0.2) is 18.2 Å². The Hall–Kier alpha value is -1.67. The molecule has 0 bridgehead atoms. The van der Waals surface area contributed by atoms with Gasteiger partial charge in [0.15, 0.2) is 0 Å². The van der Waals surface area contributed by atoms with Gasteiger partial charge >= 0.3 is 0 Å². The van der Waals surface area contributed by atoms with Crippen molar-refractivity contribution in [1.82, 2.24) is 18.4 Å². The number of halogens is 2. The van der Waals surface area contributed by atoms with E-state index in [0.29, 0.717) is 76.3 Å². The molecule has 0 saturated carbocycles. The molecule has 3 aliphatic heterocycles. The van der Waals surface area contributed by atoms with Crippen molar-refractivity contribution in [2.24, 2.45) is 17.8 Å². The third-order valence-electron chi connectivity index (χ3n) is 9.99. The van der Waals surface area contributed by atoms with Gasteiger partial charge in [-0.3, -0.25) is 4.79 Å². The van der Waals surface area contributed by atoms with E-state index in [1.54, 1.807) is 0 Å². The Balaban J connectivity index is 1.34. The quantitative estimate of drug-likeness (QED) is 0.331. The van der Waals surface area contributed by atoms with E-state index < -0.39 is 31.7 Å². The van der Waals surface area contributed by atoms with Crippen molar-refractivity contribution in [2.75, 3.05) is 64.9 Å². The Morgan fingerprint density at radius 2 is 1.33 bits per heavy atom. The SMILES string of the molecule is CC(C)CN(C(=O)CC1CCN(S(C)(=O)=O)CC1)C1CCN(CC[C@@H](c2cc(F)cc(F)c2)C2CCN(S(C)(=O)=O)CC2)CC1. The van der Waals surface area contributed by atoms with Gasteiger partial charge in [0.1, 0.15) is 11.6 Å².